The molecule has 1 aromatic heterocycles. The van der Waals surface area contributed by atoms with Gasteiger partial charge in [-0.05, 0) is 36.8 Å². The molecule has 5 heteroatoms. The molecule has 0 aliphatic carbocycles. The third-order valence-corrected chi connectivity index (χ3v) is 2.99. The van der Waals surface area contributed by atoms with Crippen molar-refractivity contribution in [1.82, 2.24) is 4.98 Å². The molecular weight excluding hydrogens is 264 g/mol. The summed E-state index contributed by atoms with van der Waals surface area (Å²) in [5, 5.41) is 13.4. The highest BCUT2D eigenvalue weighted by molar-refractivity contribution is 6.29. The number of anilines is 1. The van der Waals surface area contributed by atoms with Crippen LogP contribution in [0.1, 0.15) is 11.3 Å². The molecule has 4 nitrogen and oxygen atoms in total. The van der Waals surface area contributed by atoms with Gasteiger partial charge in [-0.25, -0.2) is 4.98 Å². The Labute approximate surface area is 117 Å². The minimum atomic E-state index is 0.132. The maximum atomic E-state index is 9.70. The number of aromatic nitrogens is 1. The van der Waals surface area contributed by atoms with Gasteiger partial charge in [0.25, 0.3) is 0 Å². The van der Waals surface area contributed by atoms with Crippen molar-refractivity contribution in [2.75, 3.05) is 12.4 Å². The zero-order chi connectivity index (χ0) is 13.8. The number of halogens is 1. The lowest BCUT2D eigenvalue weighted by Gasteiger charge is -2.10. The van der Waals surface area contributed by atoms with Crippen LogP contribution in [-0.4, -0.2) is 17.2 Å². The van der Waals surface area contributed by atoms with E-state index in [9.17, 15) is 5.11 Å². The Hall–Kier alpha value is -1.94. The van der Waals surface area contributed by atoms with Gasteiger partial charge in [-0.2, -0.15) is 0 Å². The number of nitrogens with one attached hydrogen (secondary N) is 1. The fourth-order valence-electron chi connectivity index (χ4n) is 1.76. The van der Waals surface area contributed by atoms with Crippen LogP contribution in [0.3, 0.4) is 0 Å². The number of pyridine rings is 1. The van der Waals surface area contributed by atoms with E-state index >= 15 is 0 Å². The summed E-state index contributed by atoms with van der Waals surface area (Å²) in [6.45, 7) is 2.47. The standard InChI is InChI=1S/C14H15ClN2O2/c1-9-11(4-6-14(15)17-9)16-8-10-3-5-13(19-2)12(18)7-10/h3-7,16,18H,8H2,1-2H3. The summed E-state index contributed by atoms with van der Waals surface area (Å²) >= 11 is 5.80. The van der Waals surface area contributed by atoms with Crippen LogP contribution < -0.4 is 10.1 Å². The normalized spacial score (nSPS) is 10.3. The Bertz CT molecular complexity index is 588. The second-order valence-electron chi connectivity index (χ2n) is 4.13. The van der Waals surface area contributed by atoms with Gasteiger partial charge in [-0.1, -0.05) is 17.7 Å². The molecule has 0 saturated heterocycles. The first-order valence-corrected chi connectivity index (χ1v) is 6.21. The number of aromatic hydroxyl groups is 1. The van der Waals surface area contributed by atoms with Gasteiger partial charge in [0.15, 0.2) is 11.5 Å². The fraction of sp³-hybridized carbons (Fsp3) is 0.214. The summed E-state index contributed by atoms with van der Waals surface area (Å²) in [5.41, 5.74) is 2.71. The van der Waals surface area contributed by atoms with Gasteiger partial charge in [-0.3, -0.25) is 0 Å². The maximum Gasteiger partial charge on any atom is 0.160 e. The van der Waals surface area contributed by atoms with E-state index < -0.39 is 0 Å². The molecule has 2 aromatic rings. The molecule has 0 saturated carbocycles. The molecule has 1 aromatic carbocycles. The SMILES string of the molecule is COc1ccc(CNc2ccc(Cl)nc2C)cc1O. The van der Waals surface area contributed by atoms with Crippen LogP contribution in [0.5, 0.6) is 11.5 Å². The van der Waals surface area contributed by atoms with Gasteiger partial charge >= 0.3 is 0 Å². The number of aryl methyl sites for hydroxylation is 1. The van der Waals surface area contributed by atoms with E-state index in [0.29, 0.717) is 17.4 Å². The average Bonchev–Trinajstić information content (AvgIpc) is 2.38. The van der Waals surface area contributed by atoms with Gasteiger partial charge < -0.3 is 15.2 Å². The topological polar surface area (TPSA) is 54.4 Å². The first-order chi connectivity index (χ1) is 9.10. The quantitative estimate of drug-likeness (QED) is 0.842. The number of hydrogen-bond donors (Lipinski definition) is 2. The lowest BCUT2D eigenvalue weighted by molar-refractivity contribution is 0.373. The second kappa shape index (κ2) is 5.80. The molecule has 0 fully saturated rings. The van der Waals surface area contributed by atoms with Crippen molar-refractivity contribution in [3.8, 4) is 11.5 Å². The van der Waals surface area contributed by atoms with Crippen molar-refractivity contribution in [3.63, 3.8) is 0 Å². The van der Waals surface area contributed by atoms with Crippen LogP contribution in [0.25, 0.3) is 0 Å². The van der Waals surface area contributed by atoms with E-state index in [0.717, 1.165) is 16.9 Å². The predicted octanol–water partition coefficient (Wildman–Crippen LogP) is 3.37. The Morgan fingerprint density at radius 3 is 2.74 bits per heavy atom. The van der Waals surface area contributed by atoms with E-state index in [1.54, 1.807) is 18.2 Å². The number of phenols is 1. The molecule has 19 heavy (non-hydrogen) atoms. The maximum absolute atomic E-state index is 9.70. The third-order valence-electron chi connectivity index (χ3n) is 2.78. The minimum absolute atomic E-state index is 0.132. The molecule has 0 aliphatic heterocycles. The number of benzene rings is 1. The van der Waals surface area contributed by atoms with E-state index in [1.165, 1.54) is 7.11 Å². The summed E-state index contributed by atoms with van der Waals surface area (Å²) in [4.78, 5) is 4.16. The third kappa shape index (κ3) is 3.29. The second-order valence-corrected chi connectivity index (χ2v) is 4.51. The van der Waals surface area contributed by atoms with E-state index in [1.807, 2.05) is 19.1 Å². The number of rotatable bonds is 4. The molecule has 0 aliphatic rings. The monoisotopic (exact) mass is 278 g/mol. The average molecular weight is 279 g/mol. The Morgan fingerprint density at radius 2 is 2.11 bits per heavy atom. The highest BCUT2D eigenvalue weighted by Gasteiger charge is 2.04. The number of ether oxygens (including phenoxy) is 1. The van der Waals surface area contributed by atoms with Gasteiger partial charge in [0.1, 0.15) is 5.15 Å². The molecular formula is C14H15ClN2O2. The predicted molar refractivity (Wildman–Crippen MR) is 76.0 cm³/mol. The molecule has 0 radical (unpaired) electrons. The summed E-state index contributed by atoms with van der Waals surface area (Å²) in [7, 11) is 1.52. The van der Waals surface area contributed by atoms with Crippen molar-refractivity contribution < 1.29 is 9.84 Å². The summed E-state index contributed by atoms with van der Waals surface area (Å²) in [6, 6.07) is 8.92. The van der Waals surface area contributed by atoms with Gasteiger partial charge in [-0.15, -0.1) is 0 Å². The molecule has 0 atom stereocenters. The van der Waals surface area contributed by atoms with Gasteiger partial charge in [0, 0.05) is 6.54 Å². The molecule has 2 N–H and O–H groups in total. The molecule has 2 rings (SSSR count). The molecule has 0 amide bonds. The van der Waals surface area contributed by atoms with Crippen molar-refractivity contribution in [2.45, 2.75) is 13.5 Å². The van der Waals surface area contributed by atoms with Crippen LogP contribution in [0, 0.1) is 6.92 Å². The Morgan fingerprint density at radius 1 is 1.32 bits per heavy atom. The van der Waals surface area contributed by atoms with E-state index in [4.69, 9.17) is 16.3 Å². The fourth-order valence-corrected chi connectivity index (χ4v) is 1.95. The number of hydrogen-bond acceptors (Lipinski definition) is 4. The van der Waals surface area contributed by atoms with Crippen molar-refractivity contribution in [2.24, 2.45) is 0 Å². The van der Waals surface area contributed by atoms with E-state index in [-0.39, 0.29) is 5.75 Å². The summed E-state index contributed by atoms with van der Waals surface area (Å²) in [5.74, 6) is 0.598. The first kappa shape index (κ1) is 13.5. The number of methoxy groups -OCH3 is 1. The largest absolute Gasteiger partial charge is 0.504 e. The molecule has 0 unspecified atom stereocenters. The lowest BCUT2D eigenvalue weighted by atomic mass is 10.2. The van der Waals surface area contributed by atoms with Crippen LogP contribution in [0.15, 0.2) is 30.3 Å². The summed E-state index contributed by atoms with van der Waals surface area (Å²) < 4.78 is 5.00. The van der Waals surface area contributed by atoms with Crippen LogP contribution >= 0.6 is 11.6 Å². The van der Waals surface area contributed by atoms with Crippen LogP contribution in [-0.2, 0) is 6.54 Å². The number of nitrogens with zero attached hydrogens (tertiary/aromatic N) is 1. The molecule has 100 valence electrons. The highest BCUT2D eigenvalue weighted by Crippen LogP contribution is 2.26. The lowest BCUT2D eigenvalue weighted by Crippen LogP contribution is -2.02. The molecule has 0 spiro atoms. The van der Waals surface area contributed by atoms with Gasteiger partial charge in [0.05, 0.1) is 18.5 Å². The van der Waals surface area contributed by atoms with E-state index in [2.05, 4.69) is 10.3 Å². The number of phenolic OH excluding ortho intramolecular Hbond substituents is 1. The van der Waals surface area contributed by atoms with Crippen LogP contribution in [0.2, 0.25) is 5.15 Å². The first-order valence-electron chi connectivity index (χ1n) is 5.83. The zero-order valence-corrected chi connectivity index (χ0v) is 11.5. The van der Waals surface area contributed by atoms with Crippen molar-refractivity contribution in [1.29, 1.82) is 0 Å². The van der Waals surface area contributed by atoms with Crippen molar-refractivity contribution >= 4 is 17.3 Å². The zero-order valence-electron chi connectivity index (χ0n) is 10.8. The smallest absolute Gasteiger partial charge is 0.160 e. The summed E-state index contributed by atoms with van der Waals surface area (Å²) in [6.07, 6.45) is 0. The van der Waals surface area contributed by atoms with Crippen LogP contribution in [0.4, 0.5) is 5.69 Å². The molecule has 0 bridgehead atoms. The molecule has 1 heterocycles. The van der Waals surface area contributed by atoms with Crippen molar-refractivity contribution in [3.05, 3.63) is 46.7 Å². The Balaban J connectivity index is 2.08. The van der Waals surface area contributed by atoms with Gasteiger partial charge in [0.2, 0.25) is 0 Å². The highest BCUT2D eigenvalue weighted by atomic mass is 35.5. The minimum Gasteiger partial charge on any atom is -0.504 e. The Kier molecular flexibility index (Phi) is 4.12.